The van der Waals surface area contributed by atoms with Gasteiger partial charge in [-0.25, -0.2) is 0 Å². The molecule has 0 saturated carbocycles. The van der Waals surface area contributed by atoms with Crippen molar-refractivity contribution in [2.75, 3.05) is 12.4 Å². The Morgan fingerprint density at radius 1 is 1.12 bits per heavy atom. The first kappa shape index (κ1) is 16.1. The molecule has 1 heterocycles. The molecular formula is C18H17N3O2S. The number of hydrogen-bond acceptors (Lipinski definition) is 5. The highest BCUT2D eigenvalue weighted by atomic mass is 32.1. The van der Waals surface area contributed by atoms with E-state index < -0.39 is 0 Å². The maximum atomic E-state index is 12.7. The molecule has 0 saturated heterocycles. The number of aromatic nitrogens is 2. The summed E-state index contributed by atoms with van der Waals surface area (Å²) in [5, 5.41) is 7.06. The molecule has 1 amide bonds. The van der Waals surface area contributed by atoms with Gasteiger partial charge >= 0.3 is 0 Å². The second-order valence-electron chi connectivity index (χ2n) is 5.45. The Bertz CT molecular complexity index is 872. The number of nitrogens with zero attached hydrogens (tertiary/aromatic N) is 2. The molecule has 0 atom stereocenters. The lowest BCUT2D eigenvalue weighted by Gasteiger charge is -2.09. The zero-order chi connectivity index (χ0) is 17.1. The van der Waals surface area contributed by atoms with E-state index in [-0.39, 0.29) is 5.91 Å². The van der Waals surface area contributed by atoms with E-state index >= 15 is 0 Å². The van der Waals surface area contributed by atoms with Crippen LogP contribution in [0.3, 0.4) is 0 Å². The summed E-state index contributed by atoms with van der Waals surface area (Å²) in [5.74, 6) is 0.549. The lowest BCUT2D eigenvalue weighted by Crippen LogP contribution is -2.12. The molecule has 0 unspecified atom stereocenters. The third-order valence-electron chi connectivity index (χ3n) is 3.70. The standard InChI is InChI=1S/C18H17N3O2S/c1-11-4-5-12(2)15(10-11)19-18(22)17-16(20-21-24-17)13-6-8-14(23-3)9-7-13/h4-10H,1-3H3,(H,19,22). The maximum Gasteiger partial charge on any atom is 0.269 e. The van der Waals surface area contributed by atoms with Gasteiger partial charge in [0.1, 0.15) is 16.3 Å². The Labute approximate surface area is 144 Å². The number of hydrogen-bond donors (Lipinski definition) is 1. The molecule has 0 bridgehead atoms. The number of amides is 1. The first-order valence-corrected chi connectivity index (χ1v) is 8.21. The van der Waals surface area contributed by atoms with E-state index in [1.807, 2.05) is 56.3 Å². The van der Waals surface area contributed by atoms with E-state index in [4.69, 9.17) is 4.74 Å². The zero-order valence-corrected chi connectivity index (χ0v) is 14.5. The van der Waals surface area contributed by atoms with Crippen LogP contribution >= 0.6 is 11.5 Å². The Morgan fingerprint density at radius 3 is 2.58 bits per heavy atom. The normalized spacial score (nSPS) is 10.5. The molecular weight excluding hydrogens is 322 g/mol. The quantitative estimate of drug-likeness (QED) is 0.778. The molecule has 5 nitrogen and oxygen atoms in total. The van der Waals surface area contributed by atoms with Gasteiger partial charge < -0.3 is 10.1 Å². The van der Waals surface area contributed by atoms with E-state index in [1.54, 1.807) is 7.11 Å². The number of benzene rings is 2. The van der Waals surface area contributed by atoms with Crippen molar-refractivity contribution in [3.8, 4) is 17.0 Å². The van der Waals surface area contributed by atoms with Gasteiger partial charge in [-0.1, -0.05) is 16.6 Å². The summed E-state index contributed by atoms with van der Waals surface area (Å²) in [4.78, 5) is 13.1. The fourth-order valence-electron chi connectivity index (χ4n) is 2.33. The van der Waals surface area contributed by atoms with Gasteiger partial charge in [0.25, 0.3) is 5.91 Å². The molecule has 0 aliphatic rings. The van der Waals surface area contributed by atoms with Gasteiger partial charge in [-0.2, -0.15) is 0 Å². The first-order chi connectivity index (χ1) is 11.6. The topological polar surface area (TPSA) is 64.1 Å². The molecule has 0 aliphatic carbocycles. The third kappa shape index (κ3) is 3.28. The average molecular weight is 339 g/mol. The predicted octanol–water partition coefficient (Wildman–Crippen LogP) is 4.08. The molecule has 24 heavy (non-hydrogen) atoms. The van der Waals surface area contributed by atoms with Crippen LogP contribution in [0.15, 0.2) is 42.5 Å². The van der Waals surface area contributed by atoms with Crippen LogP contribution in [0.4, 0.5) is 5.69 Å². The number of nitrogens with one attached hydrogen (secondary N) is 1. The van der Waals surface area contributed by atoms with Crippen LogP contribution in [0.1, 0.15) is 20.8 Å². The van der Waals surface area contributed by atoms with Crippen molar-refractivity contribution < 1.29 is 9.53 Å². The van der Waals surface area contributed by atoms with Crippen LogP contribution in [-0.4, -0.2) is 22.6 Å². The number of ether oxygens (including phenoxy) is 1. The minimum atomic E-state index is -0.204. The Morgan fingerprint density at radius 2 is 1.88 bits per heavy atom. The highest BCUT2D eigenvalue weighted by Gasteiger charge is 2.18. The van der Waals surface area contributed by atoms with Crippen molar-refractivity contribution in [1.29, 1.82) is 0 Å². The van der Waals surface area contributed by atoms with E-state index in [0.717, 1.165) is 39.7 Å². The summed E-state index contributed by atoms with van der Waals surface area (Å²) < 4.78 is 9.10. The Hall–Kier alpha value is -2.73. The van der Waals surface area contributed by atoms with Crippen molar-refractivity contribution in [3.05, 3.63) is 58.5 Å². The Kier molecular flexibility index (Phi) is 4.57. The molecule has 2 aromatic carbocycles. The second-order valence-corrected chi connectivity index (χ2v) is 6.21. The number of aryl methyl sites for hydroxylation is 2. The van der Waals surface area contributed by atoms with Crippen molar-refractivity contribution >= 4 is 23.1 Å². The van der Waals surface area contributed by atoms with Crippen LogP contribution in [0.5, 0.6) is 5.75 Å². The van der Waals surface area contributed by atoms with Crippen LogP contribution in [0.2, 0.25) is 0 Å². The van der Waals surface area contributed by atoms with Crippen LogP contribution < -0.4 is 10.1 Å². The number of anilines is 1. The van der Waals surface area contributed by atoms with Gasteiger partial charge in [-0.15, -0.1) is 5.10 Å². The van der Waals surface area contributed by atoms with Crippen molar-refractivity contribution in [3.63, 3.8) is 0 Å². The molecule has 0 radical (unpaired) electrons. The summed E-state index contributed by atoms with van der Waals surface area (Å²) in [6, 6.07) is 13.4. The molecule has 6 heteroatoms. The van der Waals surface area contributed by atoms with Crippen LogP contribution in [0.25, 0.3) is 11.3 Å². The minimum Gasteiger partial charge on any atom is -0.497 e. The molecule has 3 rings (SSSR count). The summed E-state index contributed by atoms with van der Waals surface area (Å²) in [6.45, 7) is 3.95. The Balaban J connectivity index is 1.88. The van der Waals surface area contributed by atoms with E-state index in [0.29, 0.717) is 10.6 Å². The summed E-state index contributed by atoms with van der Waals surface area (Å²) >= 11 is 1.09. The van der Waals surface area contributed by atoms with Gasteiger partial charge in [0.15, 0.2) is 0 Å². The number of carbonyl (C=O) groups excluding carboxylic acids is 1. The van der Waals surface area contributed by atoms with Crippen molar-refractivity contribution in [1.82, 2.24) is 9.59 Å². The van der Waals surface area contributed by atoms with E-state index in [2.05, 4.69) is 14.9 Å². The highest BCUT2D eigenvalue weighted by Crippen LogP contribution is 2.27. The highest BCUT2D eigenvalue weighted by molar-refractivity contribution is 7.08. The molecule has 1 N–H and O–H groups in total. The first-order valence-electron chi connectivity index (χ1n) is 7.44. The van der Waals surface area contributed by atoms with Gasteiger partial charge in [0, 0.05) is 11.3 Å². The minimum absolute atomic E-state index is 0.204. The van der Waals surface area contributed by atoms with Crippen LogP contribution in [0, 0.1) is 13.8 Å². The van der Waals surface area contributed by atoms with Gasteiger partial charge in [0.05, 0.1) is 7.11 Å². The van der Waals surface area contributed by atoms with Gasteiger partial charge in [0.2, 0.25) is 0 Å². The van der Waals surface area contributed by atoms with Crippen molar-refractivity contribution in [2.24, 2.45) is 0 Å². The van der Waals surface area contributed by atoms with Gasteiger partial charge in [-0.05, 0) is 66.8 Å². The number of rotatable bonds is 4. The summed E-state index contributed by atoms with van der Waals surface area (Å²) in [6.07, 6.45) is 0. The molecule has 0 spiro atoms. The third-order valence-corrected chi connectivity index (χ3v) is 4.42. The molecule has 3 aromatic rings. The monoisotopic (exact) mass is 339 g/mol. The maximum absolute atomic E-state index is 12.7. The largest absolute Gasteiger partial charge is 0.497 e. The van der Waals surface area contributed by atoms with Crippen molar-refractivity contribution in [2.45, 2.75) is 13.8 Å². The molecule has 122 valence electrons. The fourth-order valence-corrected chi connectivity index (χ4v) is 2.91. The average Bonchev–Trinajstić information content (AvgIpc) is 3.08. The SMILES string of the molecule is COc1ccc(-c2nnsc2C(=O)Nc2cc(C)ccc2C)cc1. The summed E-state index contributed by atoms with van der Waals surface area (Å²) in [7, 11) is 1.61. The molecule has 1 aromatic heterocycles. The van der Waals surface area contributed by atoms with E-state index in [1.165, 1.54) is 0 Å². The predicted molar refractivity (Wildman–Crippen MR) is 95.8 cm³/mol. The smallest absolute Gasteiger partial charge is 0.269 e. The molecule has 0 aliphatic heterocycles. The second kappa shape index (κ2) is 6.80. The summed E-state index contributed by atoms with van der Waals surface area (Å²) in [5.41, 5.74) is 4.31. The lowest BCUT2D eigenvalue weighted by atomic mass is 10.1. The van der Waals surface area contributed by atoms with E-state index in [9.17, 15) is 4.79 Å². The number of methoxy groups -OCH3 is 1. The van der Waals surface area contributed by atoms with Gasteiger partial charge in [-0.3, -0.25) is 4.79 Å². The fraction of sp³-hybridized carbons (Fsp3) is 0.167. The number of carbonyl (C=O) groups is 1. The zero-order valence-electron chi connectivity index (χ0n) is 13.7. The molecule has 0 fully saturated rings. The lowest BCUT2D eigenvalue weighted by molar-refractivity contribution is 0.103. The van der Waals surface area contributed by atoms with Crippen LogP contribution in [-0.2, 0) is 0 Å².